The fourth-order valence-corrected chi connectivity index (χ4v) is 3.91. The maximum absolute atomic E-state index is 11.6. The van der Waals surface area contributed by atoms with Crippen molar-refractivity contribution in [3.8, 4) is 5.75 Å². The van der Waals surface area contributed by atoms with E-state index in [0.29, 0.717) is 12.8 Å². The molecule has 0 aliphatic heterocycles. The van der Waals surface area contributed by atoms with E-state index in [0.717, 1.165) is 44.2 Å². The molecule has 0 aromatic heterocycles. The average molecular weight is 541 g/mol. The summed E-state index contributed by atoms with van der Waals surface area (Å²) in [6, 6.07) is 4.90. The van der Waals surface area contributed by atoms with Crippen molar-refractivity contribution < 1.29 is 56.9 Å². The summed E-state index contributed by atoms with van der Waals surface area (Å²) in [6.45, 7) is 4.39. The fraction of sp³-hybridized carbons (Fsp3) is 0.692. The van der Waals surface area contributed by atoms with Crippen LogP contribution in [0.2, 0.25) is 0 Å². The van der Waals surface area contributed by atoms with Crippen molar-refractivity contribution in [1.82, 2.24) is 0 Å². The van der Waals surface area contributed by atoms with Crippen LogP contribution in [0.1, 0.15) is 117 Å². The standard InChI is InChI=1S/C16H24O5S.C10H19ClO.Na/c1-2-3-4-5-6-7-8-9-16(17)21-14-10-12-15(13-11-14)22(18,19)20;1-2-3-4-5-6-7-8-9-10(11)12;/h10-13H,2-9H2,1H3,(H,18,19,20);2-9H2,1H3;/q;;+1/p-1. The van der Waals surface area contributed by atoms with Gasteiger partial charge >= 0.3 is 35.5 Å². The van der Waals surface area contributed by atoms with Crippen molar-refractivity contribution in [1.29, 1.82) is 0 Å². The van der Waals surface area contributed by atoms with Crippen molar-refractivity contribution >= 4 is 32.9 Å². The molecule has 35 heavy (non-hydrogen) atoms. The Bertz CT molecular complexity index is 769. The van der Waals surface area contributed by atoms with Crippen molar-refractivity contribution in [2.24, 2.45) is 0 Å². The van der Waals surface area contributed by atoms with E-state index >= 15 is 0 Å². The Morgan fingerprint density at radius 2 is 1.14 bits per heavy atom. The zero-order chi connectivity index (χ0) is 25.7. The topological polar surface area (TPSA) is 101 Å². The number of hydrogen-bond acceptors (Lipinski definition) is 6. The Hall–Kier alpha value is -0.440. The first-order chi connectivity index (χ1) is 16.2. The van der Waals surface area contributed by atoms with Crippen LogP contribution in [-0.2, 0) is 19.7 Å². The first-order valence-electron chi connectivity index (χ1n) is 12.7. The molecular weight excluding hydrogens is 499 g/mol. The van der Waals surface area contributed by atoms with Crippen molar-refractivity contribution in [2.75, 3.05) is 0 Å². The predicted molar refractivity (Wildman–Crippen MR) is 136 cm³/mol. The summed E-state index contributed by atoms with van der Waals surface area (Å²) < 4.78 is 37.4. The van der Waals surface area contributed by atoms with Gasteiger partial charge in [0, 0.05) is 12.8 Å². The number of rotatable bonds is 18. The molecule has 0 saturated heterocycles. The number of ether oxygens (including phenoxy) is 1. The number of carbonyl (C=O) groups is 2. The quantitative estimate of drug-likeness (QED) is 0.0677. The Kier molecular flexibility index (Phi) is 25.1. The minimum absolute atomic E-state index is 0. The van der Waals surface area contributed by atoms with Crippen LogP contribution in [0.3, 0.4) is 0 Å². The Labute approximate surface area is 240 Å². The maximum atomic E-state index is 11.6. The second-order valence-corrected chi connectivity index (χ2v) is 10.3. The van der Waals surface area contributed by atoms with Gasteiger partial charge in [0.1, 0.15) is 15.9 Å². The molecule has 0 aliphatic rings. The van der Waals surface area contributed by atoms with Crippen molar-refractivity contribution in [3.05, 3.63) is 24.3 Å². The minimum Gasteiger partial charge on any atom is -0.744 e. The van der Waals surface area contributed by atoms with Crippen LogP contribution < -0.4 is 34.3 Å². The Morgan fingerprint density at radius 3 is 1.54 bits per heavy atom. The summed E-state index contributed by atoms with van der Waals surface area (Å²) >= 11 is 5.20. The van der Waals surface area contributed by atoms with Crippen LogP contribution in [0, 0.1) is 0 Å². The molecule has 1 rings (SSSR count). The summed E-state index contributed by atoms with van der Waals surface area (Å²) in [5, 5.41) is -0.191. The molecule has 0 unspecified atom stereocenters. The van der Waals surface area contributed by atoms with Gasteiger partial charge in [-0.05, 0) is 48.7 Å². The summed E-state index contributed by atoms with van der Waals surface area (Å²) in [5.41, 5.74) is 0. The number of carbonyl (C=O) groups excluding carboxylic acids is 2. The molecule has 0 saturated carbocycles. The molecule has 9 heteroatoms. The van der Waals surface area contributed by atoms with Gasteiger partial charge in [-0.1, -0.05) is 90.9 Å². The van der Waals surface area contributed by atoms with Crippen LogP contribution in [0.5, 0.6) is 5.75 Å². The largest absolute Gasteiger partial charge is 1.00 e. The molecular formula is C26H42ClNaO6S. The van der Waals surface area contributed by atoms with Gasteiger partial charge in [-0.15, -0.1) is 0 Å². The fourth-order valence-electron chi connectivity index (χ4n) is 3.30. The van der Waals surface area contributed by atoms with Crippen molar-refractivity contribution in [2.45, 2.75) is 121 Å². The summed E-state index contributed by atoms with van der Waals surface area (Å²) in [6.07, 6.45) is 17.4. The maximum Gasteiger partial charge on any atom is 1.00 e. The summed E-state index contributed by atoms with van der Waals surface area (Å²) in [5.74, 6) is -0.0911. The number of esters is 1. The van der Waals surface area contributed by atoms with E-state index in [2.05, 4.69) is 13.8 Å². The number of halogens is 1. The van der Waals surface area contributed by atoms with Gasteiger partial charge in [0.25, 0.3) is 0 Å². The Morgan fingerprint density at radius 1 is 0.743 bits per heavy atom. The summed E-state index contributed by atoms with van der Waals surface area (Å²) in [4.78, 5) is 21.6. The first-order valence-corrected chi connectivity index (χ1v) is 14.4. The van der Waals surface area contributed by atoms with Gasteiger partial charge in [-0.3, -0.25) is 9.59 Å². The average Bonchev–Trinajstić information content (AvgIpc) is 2.78. The minimum atomic E-state index is -4.47. The molecule has 1 aromatic carbocycles. The van der Waals surface area contributed by atoms with E-state index in [9.17, 15) is 22.6 Å². The third kappa shape index (κ3) is 23.7. The monoisotopic (exact) mass is 540 g/mol. The first kappa shape index (κ1) is 36.7. The summed E-state index contributed by atoms with van der Waals surface area (Å²) in [7, 11) is -4.47. The van der Waals surface area contributed by atoms with Crippen LogP contribution >= 0.6 is 11.6 Å². The van der Waals surface area contributed by atoms with Gasteiger partial charge in [-0.25, -0.2) is 8.42 Å². The van der Waals surface area contributed by atoms with Crippen LogP contribution in [0.25, 0.3) is 0 Å². The molecule has 0 heterocycles. The third-order valence-corrected chi connectivity index (χ3v) is 6.34. The van der Waals surface area contributed by atoms with E-state index in [1.54, 1.807) is 0 Å². The molecule has 0 N–H and O–H groups in total. The molecule has 0 fully saturated rings. The zero-order valence-corrected chi connectivity index (χ0v) is 25.4. The molecule has 0 amide bonds. The number of hydrogen-bond donors (Lipinski definition) is 0. The predicted octanol–water partition coefficient (Wildman–Crippen LogP) is 4.53. The van der Waals surface area contributed by atoms with Gasteiger partial charge in [0.05, 0.1) is 4.90 Å². The van der Waals surface area contributed by atoms with E-state index in [-0.39, 0.29) is 51.4 Å². The van der Waals surface area contributed by atoms with Crippen LogP contribution in [0.15, 0.2) is 29.2 Å². The molecule has 0 spiro atoms. The van der Waals surface area contributed by atoms with E-state index < -0.39 is 10.1 Å². The van der Waals surface area contributed by atoms with E-state index in [1.165, 1.54) is 69.9 Å². The zero-order valence-electron chi connectivity index (χ0n) is 21.9. The smallest absolute Gasteiger partial charge is 0.744 e. The molecule has 0 radical (unpaired) electrons. The third-order valence-electron chi connectivity index (χ3n) is 5.31. The number of benzene rings is 1. The molecule has 0 aliphatic carbocycles. The van der Waals surface area contributed by atoms with Gasteiger partial charge in [0.2, 0.25) is 5.24 Å². The second kappa shape index (κ2) is 23.9. The van der Waals surface area contributed by atoms with Gasteiger partial charge in [0.15, 0.2) is 0 Å². The van der Waals surface area contributed by atoms with Crippen LogP contribution in [-0.4, -0.2) is 24.2 Å². The van der Waals surface area contributed by atoms with Crippen molar-refractivity contribution in [3.63, 3.8) is 0 Å². The molecule has 6 nitrogen and oxygen atoms in total. The SMILES string of the molecule is CCCCCCCCCC(=O)Cl.CCCCCCCCCC(=O)Oc1ccc(S(=O)(=O)[O-])cc1.[Na+]. The number of unbranched alkanes of at least 4 members (excludes halogenated alkanes) is 12. The molecule has 196 valence electrons. The van der Waals surface area contributed by atoms with E-state index in [1.807, 2.05) is 0 Å². The van der Waals surface area contributed by atoms with Gasteiger partial charge in [-0.2, -0.15) is 0 Å². The Balaban J connectivity index is 0. The van der Waals surface area contributed by atoms with Crippen LogP contribution in [0.4, 0.5) is 0 Å². The molecule has 1 aromatic rings. The van der Waals surface area contributed by atoms with E-state index in [4.69, 9.17) is 16.3 Å². The normalized spacial score (nSPS) is 10.6. The second-order valence-electron chi connectivity index (χ2n) is 8.50. The molecule has 0 bridgehead atoms. The molecule has 0 atom stereocenters. The van der Waals surface area contributed by atoms with Gasteiger partial charge < -0.3 is 9.29 Å².